The Morgan fingerprint density at radius 2 is 1.73 bits per heavy atom. The number of aryl methyl sites for hydroxylation is 1. The number of nitrogens with zero attached hydrogens (tertiary/aromatic N) is 5. The Labute approximate surface area is 208 Å². The van der Waals surface area contributed by atoms with Gasteiger partial charge in [-0.3, -0.25) is 9.97 Å². The second-order valence-electron chi connectivity index (χ2n) is 7.59. The molecule has 2 aromatic heterocycles. The van der Waals surface area contributed by atoms with Gasteiger partial charge in [0.1, 0.15) is 0 Å². The average molecular weight is 616 g/mol. The minimum absolute atomic E-state index is 0. The van der Waals surface area contributed by atoms with Crippen molar-refractivity contribution >= 4 is 5.69 Å². The third-order valence-electron chi connectivity index (χ3n) is 5.23. The molecule has 0 radical (unpaired) electrons. The summed E-state index contributed by atoms with van der Waals surface area (Å²) in [5, 5.41) is 0. The molecule has 7 heteroatoms. The minimum atomic E-state index is 0. The molecule has 0 spiro atoms. The predicted molar refractivity (Wildman–Crippen MR) is 124 cm³/mol. The molecule has 6 nitrogen and oxygen atoms in total. The number of hydrogen-bond acceptors (Lipinski definition) is 5. The molecule has 0 bridgehead atoms. The molecule has 33 heavy (non-hydrogen) atoms. The van der Waals surface area contributed by atoms with Gasteiger partial charge in [0.05, 0.1) is 17.2 Å². The van der Waals surface area contributed by atoms with Gasteiger partial charge in [-0.2, -0.15) is 12.7 Å². The summed E-state index contributed by atoms with van der Waals surface area (Å²) >= 11 is 0. The Morgan fingerprint density at radius 3 is 2.45 bits per heavy atom. The van der Waals surface area contributed by atoms with E-state index in [0.29, 0.717) is 11.5 Å². The number of aromatic nitrogens is 3. The zero-order valence-corrected chi connectivity index (χ0v) is 20.7. The van der Waals surface area contributed by atoms with Crippen LogP contribution < -0.4 is 9.64 Å². The third-order valence-corrected chi connectivity index (χ3v) is 5.23. The van der Waals surface area contributed by atoms with E-state index in [1.54, 1.807) is 6.20 Å². The Balaban J connectivity index is 0.00000259. The second-order valence-corrected chi connectivity index (χ2v) is 7.59. The molecule has 3 heterocycles. The maximum Gasteiger partial charge on any atom is 0.0632 e. The van der Waals surface area contributed by atoms with E-state index in [2.05, 4.69) is 21.7 Å². The van der Waals surface area contributed by atoms with Crippen molar-refractivity contribution in [2.24, 2.45) is 7.05 Å². The van der Waals surface area contributed by atoms with E-state index in [9.17, 15) is 0 Å². The molecule has 1 aliphatic rings. The van der Waals surface area contributed by atoms with Crippen molar-refractivity contribution in [3.8, 4) is 34.1 Å². The smallest absolute Gasteiger partial charge is 0.0632 e. The van der Waals surface area contributed by atoms with Crippen molar-refractivity contribution in [3.63, 3.8) is 0 Å². The van der Waals surface area contributed by atoms with Crippen molar-refractivity contribution in [1.29, 1.82) is 0 Å². The first kappa shape index (κ1) is 22.8. The molecular weight excluding hydrogens is 593 g/mol. The summed E-state index contributed by atoms with van der Waals surface area (Å²) < 4.78 is 8.16. The predicted octanol–water partition coefficient (Wildman–Crippen LogP) is 5.19. The van der Waals surface area contributed by atoms with Crippen molar-refractivity contribution in [1.82, 2.24) is 19.4 Å². The monoisotopic (exact) mass is 615 g/mol. The Bertz CT molecular complexity index is 1290. The zero-order valence-electron chi connectivity index (χ0n) is 18.5. The summed E-state index contributed by atoms with van der Waals surface area (Å²) in [5.41, 5.74) is 4.77. The fourth-order valence-electron chi connectivity index (χ4n) is 3.78. The molecule has 5 rings (SSSR count). The van der Waals surface area contributed by atoms with Gasteiger partial charge in [0.15, 0.2) is 0 Å². The van der Waals surface area contributed by atoms with Gasteiger partial charge in [-0.1, -0.05) is 6.07 Å². The first-order chi connectivity index (χ1) is 15.6. The number of hydrogen-bond donors (Lipinski definition) is 0. The summed E-state index contributed by atoms with van der Waals surface area (Å²) in [6, 6.07) is 22.3. The number of benzene rings is 2. The molecule has 4 aromatic rings. The molecule has 0 N–H and O–H groups in total. The summed E-state index contributed by atoms with van der Waals surface area (Å²) in [6.45, 7) is 3.99. The number of rotatable bonds is 5. The van der Waals surface area contributed by atoms with Crippen LogP contribution in [0.2, 0.25) is 0 Å². The zero-order chi connectivity index (χ0) is 22.1. The van der Waals surface area contributed by atoms with E-state index in [4.69, 9.17) is 9.72 Å². The van der Waals surface area contributed by atoms with Crippen LogP contribution >= 0.6 is 0 Å². The van der Waals surface area contributed by atoms with E-state index >= 15 is 0 Å². The average Bonchev–Trinajstić information content (AvgIpc) is 3.37. The van der Waals surface area contributed by atoms with E-state index in [1.807, 2.05) is 105 Å². The summed E-state index contributed by atoms with van der Waals surface area (Å²) in [5.74, 6) is 2.06. The first-order valence-electron chi connectivity index (χ1n) is 10.3. The van der Waals surface area contributed by atoms with E-state index < -0.39 is 0 Å². The van der Waals surface area contributed by atoms with Crippen molar-refractivity contribution in [3.05, 3.63) is 97.8 Å². The number of pyridine rings is 1. The Morgan fingerprint density at radius 1 is 0.939 bits per heavy atom. The molecule has 0 unspecified atom stereocenters. The van der Waals surface area contributed by atoms with Crippen LogP contribution in [0, 0.1) is 25.7 Å². The van der Waals surface area contributed by atoms with E-state index in [-0.39, 0.29) is 21.1 Å². The second kappa shape index (κ2) is 9.63. The van der Waals surface area contributed by atoms with Gasteiger partial charge in [0.2, 0.25) is 0 Å². The van der Waals surface area contributed by atoms with Gasteiger partial charge in [0.25, 0.3) is 0 Å². The fourth-order valence-corrected chi connectivity index (χ4v) is 3.78. The van der Waals surface area contributed by atoms with Crippen LogP contribution in [-0.4, -0.2) is 26.5 Å². The summed E-state index contributed by atoms with van der Waals surface area (Å²) in [7, 11) is 3.99. The molecular formula is C26H22N5OPt-3. The molecule has 0 aliphatic carbocycles. The molecule has 0 amide bonds. The van der Waals surface area contributed by atoms with Crippen molar-refractivity contribution in [2.45, 2.75) is 6.92 Å². The summed E-state index contributed by atoms with van der Waals surface area (Å²) in [4.78, 5) is 13.0. The van der Waals surface area contributed by atoms with E-state index in [1.165, 1.54) is 0 Å². The summed E-state index contributed by atoms with van der Waals surface area (Å²) in [6.07, 6.45) is 7.58. The standard InChI is InChI=1S/C26H22N5O.Pt/c1-19-25(21-8-6-12-27-17-21)30(3)26(28-19)20-7-4-10-23(15-20)32-24-11-5-9-22(16-24)31-14-13-29(2)18-31;/h4-14,17-18H,1-3H3;/q-3;. The van der Waals surface area contributed by atoms with Gasteiger partial charge < -0.3 is 19.1 Å². The molecule has 0 fully saturated rings. The SMILES string of the molecule is Cc1nc(-c2[c-]c(Oc3[c-]c(N4C=CN(C)[CH-]4)ccc3)ccc2)n(C)c1-c1cccnc1.[Pt]. The number of anilines is 1. The number of ether oxygens (including phenoxy) is 1. The van der Waals surface area contributed by atoms with Crippen LogP contribution in [0.1, 0.15) is 5.69 Å². The molecule has 170 valence electrons. The normalized spacial score (nSPS) is 12.7. The third kappa shape index (κ3) is 4.71. The van der Waals surface area contributed by atoms with Crippen LogP contribution in [0.5, 0.6) is 11.5 Å². The Kier molecular flexibility index (Phi) is 6.66. The largest absolute Gasteiger partial charge is 0.510 e. The fraction of sp³-hybridized carbons (Fsp3) is 0.115. The van der Waals surface area contributed by atoms with Crippen molar-refractivity contribution in [2.75, 3.05) is 11.9 Å². The first-order valence-corrected chi connectivity index (χ1v) is 10.3. The number of imidazole rings is 1. The maximum absolute atomic E-state index is 6.09. The van der Waals surface area contributed by atoms with Gasteiger partial charge in [-0.15, -0.1) is 47.6 Å². The Hall–Kier alpha value is -3.37. The van der Waals surface area contributed by atoms with Crippen LogP contribution in [0.25, 0.3) is 22.6 Å². The van der Waals surface area contributed by atoms with Crippen molar-refractivity contribution < 1.29 is 25.8 Å². The van der Waals surface area contributed by atoms with E-state index in [0.717, 1.165) is 34.0 Å². The van der Waals surface area contributed by atoms with Gasteiger partial charge >= 0.3 is 0 Å². The maximum atomic E-state index is 6.09. The molecule has 0 saturated carbocycles. The van der Waals surface area contributed by atoms with Crippen LogP contribution in [0.4, 0.5) is 5.69 Å². The van der Waals surface area contributed by atoms with Crippen LogP contribution in [0.3, 0.4) is 0 Å². The van der Waals surface area contributed by atoms with Crippen LogP contribution in [-0.2, 0) is 28.1 Å². The quantitative estimate of drug-likeness (QED) is 0.290. The van der Waals surface area contributed by atoms with Gasteiger partial charge in [-0.05, 0) is 38.5 Å². The molecule has 2 aromatic carbocycles. The molecule has 0 atom stereocenters. The topological polar surface area (TPSA) is 46.4 Å². The molecule has 0 saturated heterocycles. The van der Waals surface area contributed by atoms with Gasteiger partial charge in [-0.25, -0.2) is 0 Å². The van der Waals surface area contributed by atoms with Gasteiger partial charge in [0, 0.05) is 57.6 Å². The minimum Gasteiger partial charge on any atom is -0.510 e. The molecule has 1 aliphatic heterocycles. The van der Waals surface area contributed by atoms with Crippen LogP contribution in [0.15, 0.2) is 73.3 Å².